The van der Waals surface area contributed by atoms with Gasteiger partial charge < -0.3 is 15.9 Å². The van der Waals surface area contributed by atoms with Gasteiger partial charge in [0.1, 0.15) is 0 Å². The van der Waals surface area contributed by atoms with Crippen LogP contribution in [0.25, 0.3) is 0 Å². The number of carbonyl (C=O) groups excluding carboxylic acids is 1. The first-order valence-corrected chi connectivity index (χ1v) is 5.61. The lowest BCUT2D eigenvalue weighted by Crippen LogP contribution is -2.29. The zero-order valence-corrected chi connectivity index (χ0v) is 11.6. The summed E-state index contributed by atoms with van der Waals surface area (Å²) in [4.78, 5) is 11.5. The van der Waals surface area contributed by atoms with Crippen molar-refractivity contribution < 1.29 is 15.0 Å². The molecule has 1 aliphatic rings. The highest BCUT2D eigenvalue weighted by Gasteiger charge is 2.29. The fraction of sp³-hybridized carbons (Fsp3) is 0.417. The molecule has 1 aromatic rings. The van der Waals surface area contributed by atoms with Gasteiger partial charge in [0, 0.05) is 11.1 Å². The number of carbonyl (C=O) groups is 1. The molecule has 4 N–H and O–H groups in total. The van der Waals surface area contributed by atoms with Crippen molar-refractivity contribution in [3.05, 3.63) is 34.3 Å². The molecule has 0 radical (unpaired) electrons. The highest BCUT2D eigenvalue weighted by atomic mass is 35.5. The number of halogens is 2. The Kier molecular flexibility index (Phi) is 6.63. The summed E-state index contributed by atoms with van der Waals surface area (Å²) < 4.78 is 4.76. The first kappa shape index (κ1) is 17.2. The van der Waals surface area contributed by atoms with Crippen LogP contribution in [0.3, 0.4) is 0 Å². The highest BCUT2D eigenvalue weighted by molar-refractivity contribution is 6.30. The number of methoxy groups -OCH3 is 1. The average Bonchev–Trinajstić information content (AvgIpc) is 2.28. The smallest absolute Gasteiger partial charge is 0.309 e. The van der Waals surface area contributed by atoms with Crippen LogP contribution in [0.1, 0.15) is 23.6 Å². The quantitative estimate of drug-likeness (QED) is 0.800. The van der Waals surface area contributed by atoms with Crippen molar-refractivity contribution in [2.45, 2.75) is 18.9 Å². The van der Waals surface area contributed by atoms with Crippen molar-refractivity contribution in [3.63, 3.8) is 0 Å². The number of esters is 1. The Morgan fingerprint density at radius 2 is 2.17 bits per heavy atom. The van der Waals surface area contributed by atoms with E-state index in [4.69, 9.17) is 22.1 Å². The Hall–Kier alpha value is -0.810. The van der Waals surface area contributed by atoms with E-state index in [9.17, 15) is 4.79 Å². The van der Waals surface area contributed by atoms with Gasteiger partial charge in [0.2, 0.25) is 0 Å². The summed E-state index contributed by atoms with van der Waals surface area (Å²) in [5.74, 6) is -0.315. The molecule has 1 aromatic carbocycles. The molecule has 0 spiro atoms. The second-order valence-corrected chi connectivity index (χ2v) is 4.55. The standard InChI is InChI=1S/C12H14ClNO2.ClH.H2O/c1-16-12(15)8-4-7-2-3-9(13)6-10(7)11(14)5-8;;/h2-3,6,8,11H,4-5,14H2,1H3;1H;1H2/t8-,11-;;/m0../s1. The van der Waals surface area contributed by atoms with E-state index in [0.29, 0.717) is 17.9 Å². The van der Waals surface area contributed by atoms with Crippen LogP contribution in [-0.4, -0.2) is 18.6 Å². The molecule has 0 fully saturated rings. The van der Waals surface area contributed by atoms with Gasteiger partial charge in [0.05, 0.1) is 13.0 Å². The minimum atomic E-state index is -0.184. The molecular weight excluding hydrogens is 277 g/mol. The largest absolute Gasteiger partial charge is 0.469 e. The minimum Gasteiger partial charge on any atom is -0.469 e. The Balaban J connectivity index is 0.00000144. The van der Waals surface area contributed by atoms with E-state index in [1.54, 1.807) is 0 Å². The molecule has 0 heterocycles. The molecule has 0 bridgehead atoms. The van der Waals surface area contributed by atoms with Gasteiger partial charge in [-0.2, -0.15) is 0 Å². The van der Waals surface area contributed by atoms with Crippen LogP contribution < -0.4 is 5.73 Å². The molecule has 0 unspecified atom stereocenters. The number of nitrogens with two attached hydrogens (primary N) is 1. The Morgan fingerprint density at radius 1 is 1.50 bits per heavy atom. The molecule has 0 aliphatic heterocycles. The van der Waals surface area contributed by atoms with Crippen LogP contribution in [0.4, 0.5) is 0 Å². The second-order valence-electron chi connectivity index (χ2n) is 4.11. The maximum atomic E-state index is 11.5. The van der Waals surface area contributed by atoms with Gasteiger partial charge in [-0.3, -0.25) is 4.79 Å². The zero-order chi connectivity index (χ0) is 11.7. The predicted molar refractivity (Wildman–Crippen MR) is 73.1 cm³/mol. The second kappa shape index (κ2) is 6.95. The van der Waals surface area contributed by atoms with E-state index in [-0.39, 0.29) is 35.8 Å². The van der Waals surface area contributed by atoms with Crippen LogP contribution in [0.5, 0.6) is 0 Å². The third-order valence-electron chi connectivity index (χ3n) is 3.05. The molecule has 0 amide bonds. The number of hydrogen-bond donors (Lipinski definition) is 1. The van der Waals surface area contributed by atoms with E-state index < -0.39 is 0 Å². The van der Waals surface area contributed by atoms with Crippen LogP contribution in [0, 0.1) is 5.92 Å². The van der Waals surface area contributed by atoms with Crippen LogP contribution >= 0.6 is 24.0 Å². The molecule has 1 aliphatic carbocycles. The average molecular weight is 294 g/mol. The van der Waals surface area contributed by atoms with E-state index in [1.807, 2.05) is 18.2 Å². The number of benzene rings is 1. The summed E-state index contributed by atoms with van der Waals surface area (Å²) in [5.41, 5.74) is 8.18. The molecule has 0 aromatic heterocycles. The van der Waals surface area contributed by atoms with Crippen LogP contribution in [0.2, 0.25) is 5.02 Å². The van der Waals surface area contributed by atoms with Gasteiger partial charge in [-0.05, 0) is 36.1 Å². The number of rotatable bonds is 1. The van der Waals surface area contributed by atoms with E-state index in [2.05, 4.69) is 0 Å². The molecule has 6 heteroatoms. The molecule has 2 atom stereocenters. The van der Waals surface area contributed by atoms with Crippen LogP contribution in [0.15, 0.2) is 18.2 Å². The van der Waals surface area contributed by atoms with Gasteiger partial charge in [-0.25, -0.2) is 0 Å². The van der Waals surface area contributed by atoms with Crippen LogP contribution in [-0.2, 0) is 16.0 Å². The SMILES string of the molecule is COC(=O)[C@H]1Cc2ccc(Cl)cc2[C@@H](N)C1.Cl.O. The Bertz CT molecular complexity index is 426. The van der Waals surface area contributed by atoms with Gasteiger partial charge in [0.25, 0.3) is 0 Å². The highest BCUT2D eigenvalue weighted by Crippen LogP contribution is 2.33. The first-order chi connectivity index (χ1) is 7.61. The summed E-state index contributed by atoms with van der Waals surface area (Å²) >= 11 is 5.92. The number of fused-ring (bicyclic) bond motifs is 1. The monoisotopic (exact) mass is 293 g/mol. The molecular formula is C12H17Cl2NO3. The van der Waals surface area contributed by atoms with Crippen molar-refractivity contribution in [1.82, 2.24) is 0 Å². The normalized spacial score (nSPS) is 21.1. The Morgan fingerprint density at radius 3 is 2.78 bits per heavy atom. The molecule has 4 nitrogen and oxygen atoms in total. The molecule has 18 heavy (non-hydrogen) atoms. The molecule has 2 rings (SSSR count). The summed E-state index contributed by atoms with van der Waals surface area (Å²) in [6.07, 6.45) is 1.31. The van der Waals surface area contributed by atoms with Crippen molar-refractivity contribution in [3.8, 4) is 0 Å². The number of hydrogen-bond acceptors (Lipinski definition) is 3. The topological polar surface area (TPSA) is 83.8 Å². The lowest BCUT2D eigenvalue weighted by Gasteiger charge is -2.27. The molecule has 102 valence electrons. The first-order valence-electron chi connectivity index (χ1n) is 5.23. The lowest BCUT2D eigenvalue weighted by molar-refractivity contribution is -0.146. The van der Waals surface area contributed by atoms with Crippen molar-refractivity contribution >= 4 is 30.0 Å². The number of ether oxygens (including phenoxy) is 1. The summed E-state index contributed by atoms with van der Waals surface area (Å²) in [6, 6.07) is 5.51. The fourth-order valence-electron chi connectivity index (χ4n) is 2.23. The minimum absolute atomic E-state index is 0. The Labute approximate surface area is 117 Å². The van der Waals surface area contributed by atoms with Gasteiger partial charge in [-0.1, -0.05) is 17.7 Å². The van der Waals surface area contributed by atoms with Crippen molar-refractivity contribution in [1.29, 1.82) is 0 Å². The van der Waals surface area contributed by atoms with E-state index in [0.717, 1.165) is 11.1 Å². The van der Waals surface area contributed by atoms with Gasteiger partial charge >= 0.3 is 5.97 Å². The van der Waals surface area contributed by atoms with Gasteiger partial charge in [0.15, 0.2) is 0 Å². The summed E-state index contributed by atoms with van der Waals surface area (Å²) in [5, 5.41) is 0.686. The van der Waals surface area contributed by atoms with Crippen molar-refractivity contribution in [2.75, 3.05) is 7.11 Å². The lowest BCUT2D eigenvalue weighted by atomic mass is 9.81. The van der Waals surface area contributed by atoms with Crippen molar-refractivity contribution in [2.24, 2.45) is 11.7 Å². The fourth-order valence-corrected chi connectivity index (χ4v) is 2.41. The summed E-state index contributed by atoms with van der Waals surface area (Å²) in [6.45, 7) is 0. The summed E-state index contributed by atoms with van der Waals surface area (Å²) in [7, 11) is 1.41. The third-order valence-corrected chi connectivity index (χ3v) is 3.28. The molecule has 0 saturated heterocycles. The molecule has 0 saturated carbocycles. The van der Waals surface area contributed by atoms with E-state index >= 15 is 0 Å². The van der Waals surface area contributed by atoms with Gasteiger partial charge in [-0.15, -0.1) is 12.4 Å². The zero-order valence-electron chi connectivity index (χ0n) is 9.98. The predicted octanol–water partition coefficient (Wildman–Crippen LogP) is 1.67. The third kappa shape index (κ3) is 3.36. The van der Waals surface area contributed by atoms with E-state index in [1.165, 1.54) is 7.11 Å². The maximum absolute atomic E-state index is 11.5. The maximum Gasteiger partial charge on any atom is 0.309 e.